The van der Waals surface area contributed by atoms with Crippen LogP contribution >= 0.6 is 0 Å². The summed E-state index contributed by atoms with van der Waals surface area (Å²) in [5.74, 6) is -0.933. The lowest BCUT2D eigenvalue weighted by atomic mass is 10.0. The lowest BCUT2D eigenvalue weighted by Gasteiger charge is -2.26. The van der Waals surface area contributed by atoms with Gasteiger partial charge in [-0.1, -0.05) is 66.7 Å². The van der Waals surface area contributed by atoms with Crippen molar-refractivity contribution >= 4 is 23.5 Å². The van der Waals surface area contributed by atoms with Crippen molar-refractivity contribution in [3.8, 4) is 11.5 Å². The molecule has 3 amide bonds. The summed E-state index contributed by atoms with van der Waals surface area (Å²) in [5.41, 5.74) is 2.44. The molecule has 2 aliphatic rings. The normalized spacial score (nSPS) is 16.6. The van der Waals surface area contributed by atoms with Crippen LogP contribution in [-0.2, 0) is 38.7 Å². The van der Waals surface area contributed by atoms with Gasteiger partial charge in [-0.3, -0.25) is 19.2 Å². The number of hydrogen-bond donors (Lipinski definition) is 2. The number of amides is 3. The molecule has 0 bridgehead atoms. The monoisotopic (exact) mass is 527 g/mol. The van der Waals surface area contributed by atoms with E-state index in [-0.39, 0.29) is 32.1 Å². The second-order valence-electron chi connectivity index (χ2n) is 9.55. The van der Waals surface area contributed by atoms with E-state index in [0.29, 0.717) is 24.5 Å². The van der Waals surface area contributed by atoms with Gasteiger partial charge in [-0.2, -0.15) is 0 Å². The number of carbonyl (C=O) groups excluding carboxylic acids is 4. The van der Waals surface area contributed by atoms with E-state index >= 15 is 0 Å². The molecule has 0 aliphatic carbocycles. The summed E-state index contributed by atoms with van der Waals surface area (Å²) in [6.45, 7) is 0.542. The summed E-state index contributed by atoms with van der Waals surface area (Å²) in [7, 11) is 0. The molecule has 2 aliphatic heterocycles. The summed E-state index contributed by atoms with van der Waals surface area (Å²) < 4.78 is 10.7. The maximum atomic E-state index is 13.4. The Balaban J connectivity index is 1.27. The van der Waals surface area contributed by atoms with Gasteiger partial charge in [0, 0.05) is 25.9 Å². The first-order valence-corrected chi connectivity index (χ1v) is 12.9. The van der Waals surface area contributed by atoms with E-state index in [0.717, 1.165) is 16.7 Å². The lowest BCUT2D eigenvalue weighted by Crippen LogP contribution is -2.53. The van der Waals surface area contributed by atoms with Gasteiger partial charge in [0.05, 0.1) is 0 Å². The van der Waals surface area contributed by atoms with Gasteiger partial charge in [0.25, 0.3) is 5.91 Å². The van der Waals surface area contributed by atoms with Crippen LogP contribution in [0.1, 0.15) is 29.5 Å². The quantitative estimate of drug-likeness (QED) is 0.392. The van der Waals surface area contributed by atoms with Crippen LogP contribution in [0.25, 0.3) is 0 Å². The Morgan fingerprint density at radius 1 is 0.872 bits per heavy atom. The highest BCUT2D eigenvalue weighted by molar-refractivity contribution is 6.38. The van der Waals surface area contributed by atoms with Crippen LogP contribution in [-0.4, -0.2) is 47.3 Å². The lowest BCUT2D eigenvalue weighted by molar-refractivity contribution is -0.141. The number of nitrogens with zero attached hydrogens (tertiary/aromatic N) is 1. The predicted octanol–water partition coefficient (Wildman–Crippen LogP) is 2.52. The van der Waals surface area contributed by atoms with Gasteiger partial charge < -0.3 is 25.0 Å². The van der Waals surface area contributed by atoms with Crippen molar-refractivity contribution in [2.75, 3.05) is 6.79 Å². The number of ketones is 1. The van der Waals surface area contributed by atoms with Gasteiger partial charge >= 0.3 is 0 Å². The van der Waals surface area contributed by atoms with Gasteiger partial charge in [0.2, 0.25) is 24.4 Å². The molecule has 0 saturated carbocycles. The third-order valence-corrected chi connectivity index (χ3v) is 6.86. The summed E-state index contributed by atoms with van der Waals surface area (Å²) >= 11 is 0. The predicted molar refractivity (Wildman–Crippen MR) is 142 cm³/mol. The molecule has 200 valence electrons. The third kappa shape index (κ3) is 6.26. The molecule has 9 nitrogen and oxygen atoms in total. The first-order chi connectivity index (χ1) is 19.0. The molecule has 2 heterocycles. The zero-order valence-electron chi connectivity index (χ0n) is 21.3. The van der Waals surface area contributed by atoms with Crippen LogP contribution in [0, 0.1) is 0 Å². The standard InChI is InChI=1S/C30H29N3O6/c34-27-14-12-24(33(27)18-21-9-5-2-6-10-21)29(36)32-23(15-20-7-3-1-4-8-20)28(35)30(37)31-17-22-11-13-25-26(16-22)39-19-38-25/h1-11,13,16,23-24H,12,14-15,17-19H2,(H,31,37)(H,32,36). The van der Waals surface area contributed by atoms with Gasteiger partial charge in [-0.05, 0) is 35.2 Å². The first-order valence-electron chi connectivity index (χ1n) is 12.9. The Labute approximate surface area is 226 Å². The van der Waals surface area contributed by atoms with Crippen molar-refractivity contribution < 1.29 is 28.7 Å². The van der Waals surface area contributed by atoms with E-state index in [1.54, 1.807) is 18.2 Å². The van der Waals surface area contributed by atoms with Crippen molar-refractivity contribution in [1.29, 1.82) is 0 Å². The Bertz CT molecular complexity index is 1360. The zero-order valence-corrected chi connectivity index (χ0v) is 21.3. The zero-order chi connectivity index (χ0) is 27.2. The van der Waals surface area contributed by atoms with Crippen molar-refractivity contribution in [2.45, 2.75) is 44.4 Å². The number of fused-ring (bicyclic) bond motifs is 1. The van der Waals surface area contributed by atoms with Gasteiger partial charge in [0.1, 0.15) is 12.1 Å². The highest BCUT2D eigenvalue weighted by atomic mass is 16.7. The van der Waals surface area contributed by atoms with E-state index in [1.165, 1.54) is 4.90 Å². The van der Waals surface area contributed by atoms with Crippen molar-refractivity contribution in [3.63, 3.8) is 0 Å². The van der Waals surface area contributed by atoms with E-state index in [4.69, 9.17) is 9.47 Å². The highest BCUT2D eigenvalue weighted by Gasteiger charge is 2.38. The van der Waals surface area contributed by atoms with Gasteiger partial charge in [-0.25, -0.2) is 0 Å². The maximum Gasteiger partial charge on any atom is 0.289 e. The Kier molecular flexibility index (Phi) is 7.86. The average Bonchev–Trinajstić information content (AvgIpc) is 3.58. The molecule has 9 heteroatoms. The maximum absolute atomic E-state index is 13.4. The van der Waals surface area contributed by atoms with Crippen LogP contribution in [0.2, 0.25) is 0 Å². The minimum Gasteiger partial charge on any atom is -0.454 e. The first kappa shape index (κ1) is 26.0. The molecular weight excluding hydrogens is 498 g/mol. The molecular formula is C30H29N3O6. The minimum absolute atomic E-state index is 0.106. The molecule has 1 saturated heterocycles. The van der Waals surface area contributed by atoms with E-state index < -0.39 is 29.7 Å². The van der Waals surface area contributed by atoms with Crippen LogP contribution in [0.4, 0.5) is 0 Å². The molecule has 3 aromatic carbocycles. The van der Waals surface area contributed by atoms with E-state index in [2.05, 4.69) is 10.6 Å². The number of Topliss-reactive ketones (excluding diaryl/α,β-unsaturated/α-hetero) is 1. The SMILES string of the molecule is O=C(NCc1ccc2c(c1)OCO2)C(=O)C(Cc1ccccc1)NC(=O)C1CCC(=O)N1Cc1ccccc1. The highest BCUT2D eigenvalue weighted by Crippen LogP contribution is 2.32. The fourth-order valence-corrected chi connectivity index (χ4v) is 4.79. The van der Waals surface area contributed by atoms with E-state index in [9.17, 15) is 19.2 Å². The number of ether oxygens (including phenoxy) is 2. The van der Waals surface area contributed by atoms with E-state index in [1.807, 2.05) is 60.7 Å². The molecule has 5 rings (SSSR count). The number of hydrogen-bond acceptors (Lipinski definition) is 6. The minimum atomic E-state index is -1.09. The van der Waals surface area contributed by atoms with Crippen molar-refractivity contribution in [2.24, 2.45) is 0 Å². The number of carbonyl (C=O) groups is 4. The second-order valence-corrected chi connectivity index (χ2v) is 9.55. The summed E-state index contributed by atoms with van der Waals surface area (Å²) in [4.78, 5) is 53.7. The molecule has 39 heavy (non-hydrogen) atoms. The van der Waals surface area contributed by atoms with Gasteiger partial charge in [-0.15, -0.1) is 0 Å². The van der Waals surface area contributed by atoms with Crippen molar-refractivity contribution in [1.82, 2.24) is 15.5 Å². The van der Waals surface area contributed by atoms with Crippen LogP contribution in [0.3, 0.4) is 0 Å². The van der Waals surface area contributed by atoms with Crippen LogP contribution in [0.5, 0.6) is 11.5 Å². The average molecular weight is 528 g/mol. The second kappa shape index (κ2) is 11.8. The summed E-state index contributed by atoms with van der Waals surface area (Å²) in [5, 5.41) is 5.42. The van der Waals surface area contributed by atoms with Crippen LogP contribution < -0.4 is 20.1 Å². The number of nitrogens with one attached hydrogen (secondary N) is 2. The summed E-state index contributed by atoms with van der Waals surface area (Å²) in [6.07, 6.45) is 0.737. The van der Waals surface area contributed by atoms with Crippen molar-refractivity contribution in [3.05, 3.63) is 95.6 Å². The molecule has 3 aromatic rings. The fourth-order valence-electron chi connectivity index (χ4n) is 4.79. The molecule has 0 spiro atoms. The van der Waals surface area contributed by atoms with Crippen LogP contribution in [0.15, 0.2) is 78.9 Å². The number of rotatable bonds is 10. The topological polar surface area (TPSA) is 114 Å². The Morgan fingerprint density at radius 3 is 2.31 bits per heavy atom. The number of likely N-dealkylation sites (tertiary alicyclic amines) is 1. The third-order valence-electron chi connectivity index (χ3n) is 6.86. The Morgan fingerprint density at radius 2 is 1.56 bits per heavy atom. The largest absolute Gasteiger partial charge is 0.454 e. The Hall–Kier alpha value is -4.66. The molecule has 0 aromatic heterocycles. The summed E-state index contributed by atoms with van der Waals surface area (Å²) in [6, 6.07) is 22.1. The van der Waals surface area contributed by atoms with Gasteiger partial charge in [0.15, 0.2) is 11.5 Å². The molecule has 2 N–H and O–H groups in total. The molecule has 2 unspecified atom stereocenters. The number of benzene rings is 3. The smallest absolute Gasteiger partial charge is 0.289 e. The molecule has 2 atom stereocenters. The fraction of sp³-hybridized carbons (Fsp3) is 0.267. The molecule has 1 fully saturated rings. The molecule has 0 radical (unpaired) electrons.